The van der Waals surface area contributed by atoms with Gasteiger partial charge >= 0.3 is 5.97 Å². The van der Waals surface area contributed by atoms with Gasteiger partial charge in [0.25, 0.3) is 0 Å². The Labute approximate surface area is 110 Å². The first-order valence-electron chi connectivity index (χ1n) is 5.78. The molecule has 0 aliphatic heterocycles. The maximum atomic E-state index is 12.0. The highest BCUT2D eigenvalue weighted by Gasteiger charge is 2.13. The van der Waals surface area contributed by atoms with Gasteiger partial charge in [-0.05, 0) is 17.7 Å². The van der Waals surface area contributed by atoms with E-state index in [2.05, 4.69) is 0 Å². The SMILES string of the molecule is O=C(O)c1ccccc1C(=O)/C=C\c1ccccc1. The molecule has 0 atom stereocenters. The smallest absolute Gasteiger partial charge is 0.336 e. The summed E-state index contributed by atoms with van der Waals surface area (Å²) in [6.07, 6.45) is 3.05. The lowest BCUT2D eigenvalue weighted by atomic mass is 10.0. The van der Waals surface area contributed by atoms with E-state index in [0.29, 0.717) is 0 Å². The van der Waals surface area contributed by atoms with Crippen LogP contribution in [0.15, 0.2) is 60.7 Å². The van der Waals surface area contributed by atoms with E-state index in [1.54, 1.807) is 18.2 Å². The van der Waals surface area contributed by atoms with Crippen molar-refractivity contribution in [3.8, 4) is 0 Å². The molecule has 19 heavy (non-hydrogen) atoms. The number of hydrogen-bond acceptors (Lipinski definition) is 2. The van der Waals surface area contributed by atoms with Gasteiger partial charge in [0.2, 0.25) is 0 Å². The highest BCUT2D eigenvalue weighted by atomic mass is 16.4. The Morgan fingerprint density at radius 1 is 0.842 bits per heavy atom. The first kappa shape index (κ1) is 12.8. The van der Waals surface area contributed by atoms with Gasteiger partial charge in [-0.2, -0.15) is 0 Å². The summed E-state index contributed by atoms with van der Waals surface area (Å²) in [5.41, 5.74) is 1.11. The molecule has 0 aromatic heterocycles. The molecule has 0 unspecified atom stereocenters. The molecular weight excluding hydrogens is 240 g/mol. The fourth-order valence-corrected chi connectivity index (χ4v) is 1.71. The summed E-state index contributed by atoms with van der Waals surface area (Å²) in [7, 11) is 0. The Hall–Kier alpha value is -2.68. The Bertz CT molecular complexity index is 627. The van der Waals surface area contributed by atoms with E-state index in [4.69, 9.17) is 5.11 Å². The quantitative estimate of drug-likeness (QED) is 0.671. The topological polar surface area (TPSA) is 54.4 Å². The predicted molar refractivity (Wildman–Crippen MR) is 73.2 cm³/mol. The van der Waals surface area contributed by atoms with E-state index in [1.165, 1.54) is 18.2 Å². The summed E-state index contributed by atoms with van der Waals surface area (Å²) in [4.78, 5) is 23.0. The molecule has 0 saturated carbocycles. The van der Waals surface area contributed by atoms with Crippen molar-refractivity contribution in [3.63, 3.8) is 0 Å². The molecule has 0 aliphatic rings. The molecule has 3 heteroatoms. The lowest BCUT2D eigenvalue weighted by Gasteiger charge is -2.01. The van der Waals surface area contributed by atoms with Crippen LogP contribution in [0.25, 0.3) is 6.08 Å². The van der Waals surface area contributed by atoms with Crippen LogP contribution < -0.4 is 0 Å². The number of hydrogen-bond donors (Lipinski definition) is 1. The van der Waals surface area contributed by atoms with E-state index in [1.807, 2.05) is 30.3 Å². The van der Waals surface area contributed by atoms with Gasteiger partial charge in [-0.1, -0.05) is 54.6 Å². The minimum absolute atomic E-state index is 0.0187. The average molecular weight is 252 g/mol. The van der Waals surface area contributed by atoms with Crippen LogP contribution in [0.2, 0.25) is 0 Å². The minimum atomic E-state index is -1.10. The molecule has 3 nitrogen and oxygen atoms in total. The third-order valence-corrected chi connectivity index (χ3v) is 2.65. The Morgan fingerprint density at radius 2 is 1.42 bits per heavy atom. The summed E-state index contributed by atoms with van der Waals surface area (Å²) in [5.74, 6) is -1.42. The van der Waals surface area contributed by atoms with Crippen LogP contribution in [0, 0.1) is 0 Å². The molecule has 0 radical (unpaired) electrons. The summed E-state index contributed by atoms with van der Waals surface area (Å²) < 4.78 is 0. The maximum absolute atomic E-state index is 12.0. The number of benzene rings is 2. The van der Waals surface area contributed by atoms with Crippen molar-refractivity contribution in [2.45, 2.75) is 0 Å². The van der Waals surface area contributed by atoms with Gasteiger partial charge in [0.05, 0.1) is 5.56 Å². The molecule has 0 saturated heterocycles. The van der Waals surface area contributed by atoms with E-state index < -0.39 is 5.97 Å². The Balaban J connectivity index is 2.26. The minimum Gasteiger partial charge on any atom is -0.478 e. The van der Waals surface area contributed by atoms with E-state index >= 15 is 0 Å². The molecule has 0 bridgehead atoms. The first-order valence-corrected chi connectivity index (χ1v) is 5.78. The molecule has 0 amide bonds. The number of aromatic carboxylic acids is 1. The molecule has 0 fully saturated rings. The lowest BCUT2D eigenvalue weighted by molar-refractivity contribution is 0.0693. The molecule has 0 heterocycles. The van der Waals surface area contributed by atoms with Crippen LogP contribution in [0.1, 0.15) is 26.3 Å². The zero-order chi connectivity index (χ0) is 13.7. The van der Waals surface area contributed by atoms with Crippen LogP contribution in [0.4, 0.5) is 0 Å². The fourth-order valence-electron chi connectivity index (χ4n) is 1.71. The van der Waals surface area contributed by atoms with Gasteiger partial charge < -0.3 is 5.11 Å². The summed E-state index contributed by atoms with van der Waals surface area (Å²) in [6.45, 7) is 0. The third-order valence-electron chi connectivity index (χ3n) is 2.65. The van der Waals surface area contributed by atoms with Crippen molar-refractivity contribution in [3.05, 3.63) is 77.4 Å². The van der Waals surface area contributed by atoms with Gasteiger partial charge in [0, 0.05) is 5.56 Å². The predicted octanol–water partition coefficient (Wildman–Crippen LogP) is 3.28. The third kappa shape index (κ3) is 3.16. The number of carboxylic acids is 1. The average Bonchev–Trinajstić information content (AvgIpc) is 2.46. The van der Waals surface area contributed by atoms with Crippen LogP contribution in [-0.4, -0.2) is 16.9 Å². The fraction of sp³-hybridized carbons (Fsp3) is 0. The molecule has 2 aromatic carbocycles. The maximum Gasteiger partial charge on any atom is 0.336 e. The summed E-state index contributed by atoms with van der Waals surface area (Å²) >= 11 is 0. The van der Waals surface area contributed by atoms with Gasteiger partial charge in [-0.15, -0.1) is 0 Å². The number of carbonyl (C=O) groups is 2. The normalized spacial score (nSPS) is 10.5. The molecular formula is C16H12O3. The molecule has 0 aliphatic carbocycles. The Morgan fingerprint density at radius 3 is 2.05 bits per heavy atom. The van der Waals surface area contributed by atoms with Gasteiger partial charge in [0.15, 0.2) is 5.78 Å². The number of carboxylic acid groups (broad SMARTS) is 1. The second-order valence-corrected chi connectivity index (χ2v) is 3.96. The lowest BCUT2D eigenvalue weighted by Crippen LogP contribution is -2.06. The van der Waals surface area contributed by atoms with E-state index in [0.717, 1.165) is 5.56 Å². The highest BCUT2D eigenvalue weighted by Crippen LogP contribution is 2.11. The van der Waals surface area contributed by atoms with Crippen LogP contribution in [-0.2, 0) is 0 Å². The van der Waals surface area contributed by atoms with Crippen LogP contribution >= 0.6 is 0 Å². The van der Waals surface area contributed by atoms with E-state index in [9.17, 15) is 9.59 Å². The molecule has 1 N–H and O–H groups in total. The van der Waals surface area contributed by atoms with Crippen LogP contribution in [0.5, 0.6) is 0 Å². The zero-order valence-corrected chi connectivity index (χ0v) is 10.1. The molecule has 2 rings (SSSR count). The van der Waals surface area contributed by atoms with Crippen molar-refractivity contribution in [2.75, 3.05) is 0 Å². The Kier molecular flexibility index (Phi) is 3.88. The standard InChI is InChI=1S/C16H12O3/c17-15(11-10-12-6-2-1-3-7-12)13-8-4-5-9-14(13)16(18)19/h1-11H,(H,18,19)/b11-10-. The van der Waals surface area contributed by atoms with Crippen molar-refractivity contribution in [2.24, 2.45) is 0 Å². The largest absolute Gasteiger partial charge is 0.478 e. The second-order valence-electron chi connectivity index (χ2n) is 3.96. The molecule has 94 valence electrons. The van der Waals surface area contributed by atoms with Crippen molar-refractivity contribution < 1.29 is 14.7 Å². The number of rotatable bonds is 4. The summed E-state index contributed by atoms with van der Waals surface area (Å²) in [5, 5.41) is 9.02. The zero-order valence-electron chi connectivity index (χ0n) is 10.1. The van der Waals surface area contributed by atoms with Gasteiger partial charge in [-0.25, -0.2) is 4.79 Å². The van der Waals surface area contributed by atoms with Crippen molar-refractivity contribution >= 4 is 17.8 Å². The first-order chi connectivity index (χ1) is 9.18. The van der Waals surface area contributed by atoms with E-state index in [-0.39, 0.29) is 16.9 Å². The highest BCUT2D eigenvalue weighted by molar-refractivity contribution is 6.12. The van der Waals surface area contributed by atoms with Crippen LogP contribution in [0.3, 0.4) is 0 Å². The monoisotopic (exact) mass is 252 g/mol. The second kappa shape index (κ2) is 5.78. The summed E-state index contributed by atoms with van der Waals surface area (Å²) in [6, 6.07) is 15.5. The molecule has 2 aromatic rings. The van der Waals surface area contributed by atoms with Crippen molar-refractivity contribution in [1.82, 2.24) is 0 Å². The number of ketones is 1. The molecule has 0 spiro atoms. The number of allylic oxidation sites excluding steroid dienone is 1. The van der Waals surface area contributed by atoms with Gasteiger partial charge in [0.1, 0.15) is 0 Å². The van der Waals surface area contributed by atoms with Crippen molar-refractivity contribution in [1.29, 1.82) is 0 Å². The number of carbonyl (C=O) groups excluding carboxylic acids is 1. The van der Waals surface area contributed by atoms with Gasteiger partial charge in [-0.3, -0.25) is 4.79 Å².